The molecule has 0 atom stereocenters. The summed E-state index contributed by atoms with van der Waals surface area (Å²) in [6.07, 6.45) is 0. The van der Waals surface area contributed by atoms with Crippen LogP contribution in [0.2, 0.25) is 0 Å². The van der Waals surface area contributed by atoms with Gasteiger partial charge in [-0.05, 0) is 0 Å². The Hall–Kier alpha value is 1.11. The molecule has 0 nitrogen and oxygen atoms in total. The fourth-order valence-electron chi connectivity index (χ4n) is 2.81. The van der Waals surface area contributed by atoms with Gasteiger partial charge in [0.05, 0.1) is 0 Å². The summed E-state index contributed by atoms with van der Waals surface area (Å²) in [7, 11) is 0. The Kier molecular flexibility index (Phi) is 27.1. The first kappa shape index (κ1) is 41.5. The van der Waals surface area contributed by atoms with Gasteiger partial charge in [-0.2, -0.15) is 55.6 Å². The molecular weight excluding hydrogens is 584 g/mol. The Morgan fingerprint density at radius 2 is 0.500 bits per heavy atom. The molecule has 0 spiro atoms. The van der Waals surface area contributed by atoms with Crippen LogP contribution in [-0.2, 0) is 39.0 Å². The molecule has 0 saturated heterocycles. The first-order valence-electron chi connectivity index (χ1n) is 7.50. The van der Waals surface area contributed by atoms with Crippen molar-refractivity contribution in [3.8, 4) is 0 Å². The quantitative estimate of drug-likeness (QED) is 0.205. The third kappa shape index (κ3) is 8.63. The van der Waals surface area contributed by atoms with Crippen LogP contribution in [0.3, 0.4) is 0 Å². The van der Waals surface area contributed by atoms with Gasteiger partial charge in [-0.15, -0.1) is 0 Å². The fraction of sp³-hybridized carbons (Fsp3) is 0.500. The summed E-state index contributed by atoms with van der Waals surface area (Å²) in [6.45, 7) is 22.0. The summed E-state index contributed by atoms with van der Waals surface area (Å²) in [5, 5.41) is 0. The van der Waals surface area contributed by atoms with E-state index in [1.54, 1.807) is 0 Å². The van der Waals surface area contributed by atoms with Crippen LogP contribution in [0.5, 0.6) is 0 Å². The van der Waals surface area contributed by atoms with Crippen molar-refractivity contribution in [2.24, 2.45) is 0 Å². The topological polar surface area (TPSA) is 0 Å². The monoisotopic (exact) mass is 614 g/mol. The zero-order valence-electron chi connectivity index (χ0n) is 17.2. The number of hydrogen-bond acceptors (Lipinski definition) is 0. The summed E-state index contributed by atoms with van der Waals surface area (Å²) >= 11 is 0. The summed E-state index contributed by atoms with van der Waals surface area (Å²) in [4.78, 5) is 0. The zero-order chi connectivity index (χ0) is 15.8. The van der Waals surface area contributed by atoms with E-state index in [0.29, 0.717) is 0 Å². The van der Waals surface area contributed by atoms with Crippen LogP contribution in [0, 0.1) is 69.2 Å². The summed E-state index contributed by atoms with van der Waals surface area (Å²) in [6, 6.07) is 0. The van der Waals surface area contributed by atoms with Gasteiger partial charge in [0.2, 0.25) is 0 Å². The second-order valence-electron chi connectivity index (χ2n) is 6.25. The molecule has 6 heteroatoms. The van der Waals surface area contributed by atoms with E-state index in [4.69, 9.17) is 0 Å². The zero-order valence-corrected chi connectivity index (χ0v) is 23.7. The van der Waals surface area contributed by atoms with Gasteiger partial charge in [-0.1, -0.05) is 69.2 Å². The smallest absolute Gasteiger partial charge is 1.00 e. The maximum absolute atomic E-state index is 2.20. The Morgan fingerprint density at radius 3 is 0.538 bits per heavy atom. The van der Waals surface area contributed by atoms with Gasteiger partial charge in [0.1, 0.15) is 0 Å². The van der Waals surface area contributed by atoms with Crippen LogP contribution < -0.4 is 49.6 Å². The minimum absolute atomic E-state index is 0. The van der Waals surface area contributed by atoms with Crippen LogP contribution in [0.25, 0.3) is 0 Å². The normalized spacial score (nSPS) is 8.08. The minimum Gasteiger partial charge on any atom is -1.00 e. The molecule has 2 rings (SSSR count). The molecule has 0 unspecified atom stereocenters. The molecule has 0 aliphatic rings. The maximum Gasteiger partial charge on any atom is 3.00 e. The molecule has 0 heterocycles. The molecule has 0 saturated carbocycles. The van der Waals surface area contributed by atoms with Crippen LogP contribution in [-0.4, -0.2) is 0 Å². The molecule has 0 N–H and O–H groups in total. The van der Waals surface area contributed by atoms with Crippen molar-refractivity contribution in [1.29, 1.82) is 0 Å². The largest absolute Gasteiger partial charge is 3.00 e. The molecule has 0 amide bonds. The Morgan fingerprint density at radius 1 is 0.385 bits per heavy atom. The maximum atomic E-state index is 2.20. The number of halogens is 4. The molecule has 2 aromatic rings. The molecule has 0 bridgehead atoms. The predicted molar refractivity (Wildman–Crippen MR) is 91.4 cm³/mol. The van der Waals surface area contributed by atoms with Crippen molar-refractivity contribution in [3.63, 3.8) is 0 Å². The van der Waals surface area contributed by atoms with E-state index >= 15 is 0 Å². The van der Waals surface area contributed by atoms with Crippen molar-refractivity contribution >= 4 is 0 Å². The summed E-state index contributed by atoms with van der Waals surface area (Å²) < 4.78 is 0. The molecular formula is C20H30Cl4Ru2. The van der Waals surface area contributed by atoms with E-state index in [1.807, 2.05) is 0 Å². The number of rotatable bonds is 0. The van der Waals surface area contributed by atoms with Crippen molar-refractivity contribution in [2.75, 3.05) is 0 Å². The van der Waals surface area contributed by atoms with Gasteiger partial charge in [0.15, 0.2) is 0 Å². The third-order valence-corrected chi connectivity index (χ3v) is 5.62. The Bertz CT molecular complexity index is 424. The average molecular weight is 614 g/mol. The van der Waals surface area contributed by atoms with Crippen LogP contribution >= 0.6 is 0 Å². The van der Waals surface area contributed by atoms with Crippen molar-refractivity contribution in [2.45, 2.75) is 69.2 Å². The second-order valence-corrected chi connectivity index (χ2v) is 6.25. The van der Waals surface area contributed by atoms with E-state index in [1.165, 1.54) is 55.6 Å². The van der Waals surface area contributed by atoms with Gasteiger partial charge in [0, 0.05) is 0 Å². The average Bonchev–Trinajstić information content (AvgIpc) is 2.71. The van der Waals surface area contributed by atoms with E-state index in [2.05, 4.69) is 69.2 Å². The van der Waals surface area contributed by atoms with Gasteiger partial charge < -0.3 is 49.6 Å². The number of hydrogen-bond donors (Lipinski definition) is 0. The first-order chi connectivity index (χ1) is 9.11. The van der Waals surface area contributed by atoms with E-state index in [-0.39, 0.29) is 88.6 Å². The standard InChI is InChI=1S/2C10H15.4ClH.2Ru/c2*1-6-7(2)9(4)10(5)8(6)3;;;;;;/h2*1-5H3;4*1H;;/q2*-1;;;;;2*+3/p-4. The summed E-state index contributed by atoms with van der Waals surface area (Å²) in [5.74, 6) is 0. The molecule has 2 aromatic carbocycles. The molecule has 0 aliphatic heterocycles. The van der Waals surface area contributed by atoms with Crippen molar-refractivity contribution in [1.82, 2.24) is 0 Å². The second kappa shape index (κ2) is 17.0. The van der Waals surface area contributed by atoms with Crippen LogP contribution in [0.15, 0.2) is 0 Å². The van der Waals surface area contributed by atoms with E-state index in [9.17, 15) is 0 Å². The molecule has 0 aliphatic carbocycles. The van der Waals surface area contributed by atoms with Crippen LogP contribution in [0.4, 0.5) is 0 Å². The first-order valence-corrected chi connectivity index (χ1v) is 7.50. The van der Waals surface area contributed by atoms with Crippen LogP contribution in [0.1, 0.15) is 55.6 Å². The minimum atomic E-state index is 0. The van der Waals surface area contributed by atoms with E-state index in [0.717, 1.165) is 0 Å². The van der Waals surface area contributed by atoms with Gasteiger partial charge in [-0.25, -0.2) is 0 Å². The fourth-order valence-corrected chi connectivity index (χ4v) is 2.81. The van der Waals surface area contributed by atoms with Gasteiger partial charge >= 0.3 is 39.0 Å². The molecule has 0 fully saturated rings. The van der Waals surface area contributed by atoms with Gasteiger partial charge in [-0.3, -0.25) is 0 Å². The molecule has 2 radical (unpaired) electrons. The molecule has 154 valence electrons. The van der Waals surface area contributed by atoms with E-state index < -0.39 is 0 Å². The Balaban J connectivity index is -0.0000000625. The third-order valence-electron chi connectivity index (χ3n) is 5.62. The predicted octanol–water partition coefficient (Wildman–Crippen LogP) is -6.09. The molecule has 26 heavy (non-hydrogen) atoms. The molecule has 0 aromatic heterocycles. The SMILES string of the molecule is Cc1c(C)c(C)[c-](C)c1C.Cc1c(C)c(C)[c-](C)c1C.[Cl-].[Cl-].[Cl-].[Cl-].[Ru+3].[Ru+3]. The summed E-state index contributed by atoms with van der Waals surface area (Å²) in [5.41, 5.74) is 14.7. The van der Waals surface area contributed by atoms with Crippen molar-refractivity contribution in [3.05, 3.63) is 55.6 Å². The van der Waals surface area contributed by atoms with Crippen molar-refractivity contribution < 1.29 is 88.6 Å². The Labute approximate surface area is 212 Å². The van der Waals surface area contributed by atoms with Gasteiger partial charge in [0.25, 0.3) is 0 Å².